The van der Waals surface area contributed by atoms with Crippen molar-refractivity contribution in [2.75, 3.05) is 0 Å². The molecule has 0 aliphatic heterocycles. The van der Waals surface area contributed by atoms with E-state index in [4.69, 9.17) is 0 Å². The second-order valence-corrected chi connectivity index (χ2v) is 4.31. The van der Waals surface area contributed by atoms with Crippen LogP contribution in [0.25, 0.3) is 0 Å². The van der Waals surface area contributed by atoms with Crippen LogP contribution in [0.5, 0.6) is 0 Å². The van der Waals surface area contributed by atoms with E-state index in [1.54, 1.807) is 0 Å². The van der Waals surface area contributed by atoms with Gasteiger partial charge < -0.3 is 5.11 Å². The van der Waals surface area contributed by atoms with Crippen molar-refractivity contribution >= 4 is 0 Å². The van der Waals surface area contributed by atoms with Gasteiger partial charge in [-0.2, -0.15) is 0 Å². The lowest BCUT2D eigenvalue weighted by atomic mass is 10.0. The van der Waals surface area contributed by atoms with Gasteiger partial charge in [0.15, 0.2) is 0 Å². The first-order chi connectivity index (χ1) is 6.75. The molecule has 1 saturated carbocycles. The Balaban J connectivity index is 1.84. The van der Waals surface area contributed by atoms with Gasteiger partial charge in [0.2, 0.25) is 0 Å². The Hall–Kier alpha value is -0.890. The third kappa shape index (κ3) is 2.55. The van der Waals surface area contributed by atoms with Gasteiger partial charge in [-0.15, -0.1) is 0 Å². The molecule has 0 bridgehead atoms. The molecule has 0 aromatic carbocycles. The third-order valence-corrected chi connectivity index (χ3v) is 2.83. The maximum Gasteiger partial charge on any atom is 0.0571 e. The molecule has 14 heavy (non-hydrogen) atoms. The minimum absolute atomic E-state index is 0.0875. The lowest BCUT2D eigenvalue weighted by Gasteiger charge is -2.08. The second kappa shape index (κ2) is 4.09. The largest absolute Gasteiger partial charge is 0.393 e. The molecule has 1 atom stereocenters. The van der Waals surface area contributed by atoms with Crippen LogP contribution in [0.3, 0.4) is 0 Å². The van der Waals surface area contributed by atoms with Crippen molar-refractivity contribution in [3.05, 3.63) is 29.6 Å². The van der Waals surface area contributed by atoms with Crippen LogP contribution in [0.2, 0.25) is 0 Å². The van der Waals surface area contributed by atoms with Gasteiger partial charge in [0.05, 0.1) is 6.10 Å². The third-order valence-electron chi connectivity index (χ3n) is 2.83. The average Bonchev–Trinajstić information content (AvgIpc) is 2.97. The Kier molecular flexibility index (Phi) is 2.82. The lowest BCUT2D eigenvalue weighted by molar-refractivity contribution is 0.142. The monoisotopic (exact) mass is 191 g/mol. The van der Waals surface area contributed by atoms with Crippen LogP contribution < -0.4 is 0 Å². The van der Waals surface area contributed by atoms with Gasteiger partial charge in [0.1, 0.15) is 0 Å². The molecule has 1 N–H and O–H groups in total. The Morgan fingerprint density at radius 3 is 2.93 bits per heavy atom. The van der Waals surface area contributed by atoms with Gasteiger partial charge in [0, 0.05) is 12.4 Å². The summed E-state index contributed by atoms with van der Waals surface area (Å²) in [5, 5.41) is 9.70. The highest BCUT2D eigenvalue weighted by Crippen LogP contribution is 2.34. The summed E-state index contributed by atoms with van der Waals surface area (Å²) in [5.41, 5.74) is 2.44. The maximum absolute atomic E-state index is 9.70. The van der Waals surface area contributed by atoms with E-state index in [2.05, 4.69) is 11.1 Å². The topological polar surface area (TPSA) is 33.1 Å². The predicted molar refractivity (Wildman–Crippen MR) is 56.0 cm³/mol. The fourth-order valence-corrected chi connectivity index (χ4v) is 1.79. The van der Waals surface area contributed by atoms with Gasteiger partial charge in [-0.05, 0) is 49.7 Å². The van der Waals surface area contributed by atoms with E-state index < -0.39 is 0 Å². The summed E-state index contributed by atoms with van der Waals surface area (Å²) >= 11 is 0. The normalized spacial score (nSPS) is 18.1. The standard InChI is InChI=1S/C12H17NO/c1-9-6-10(8-13-7-9)2-5-12(14)11-3-4-11/h6-8,11-12,14H,2-5H2,1H3. The number of pyridine rings is 1. The summed E-state index contributed by atoms with van der Waals surface area (Å²) in [6.07, 6.45) is 7.94. The first-order valence-corrected chi connectivity index (χ1v) is 5.34. The molecule has 0 radical (unpaired) electrons. The van der Waals surface area contributed by atoms with Crippen molar-refractivity contribution < 1.29 is 5.11 Å². The van der Waals surface area contributed by atoms with E-state index in [0.717, 1.165) is 12.8 Å². The van der Waals surface area contributed by atoms with Crippen LogP contribution in [0.4, 0.5) is 0 Å². The van der Waals surface area contributed by atoms with E-state index in [9.17, 15) is 5.11 Å². The summed E-state index contributed by atoms with van der Waals surface area (Å²) in [6, 6.07) is 2.15. The lowest BCUT2D eigenvalue weighted by Crippen LogP contribution is -2.10. The van der Waals surface area contributed by atoms with Crippen molar-refractivity contribution in [1.82, 2.24) is 4.98 Å². The zero-order valence-corrected chi connectivity index (χ0v) is 8.61. The van der Waals surface area contributed by atoms with Crippen molar-refractivity contribution in [2.45, 2.75) is 38.7 Å². The second-order valence-electron chi connectivity index (χ2n) is 4.31. The number of aliphatic hydroxyl groups excluding tert-OH is 1. The first-order valence-electron chi connectivity index (χ1n) is 5.34. The van der Waals surface area contributed by atoms with Crippen molar-refractivity contribution in [1.29, 1.82) is 0 Å². The molecule has 0 spiro atoms. The molecule has 1 aromatic rings. The first kappa shape index (κ1) is 9.66. The summed E-state index contributed by atoms with van der Waals surface area (Å²) < 4.78 is 0. The number of rotatable bonds is 4. The van der Waals surface area contributed by atoms with Crippen LogP contribution in [0.15, 0.2) is 18.5 Å². The molecule has 1 aliphatic carbocycles. The zero-order valence-electron chi connectivity index (χ0n) is 8.61. The van der Waals surface area contributed by atoms with Crippen LogP contribution in [-0.2, 0) is 6.42 Å². The summed E-state index contributed by atoms with van der Waals surface area (Å²) in [7, 11) is 0. The van der Waals surface area contributed by atoms with Crippen molar-refractivity contribution in [3.63, 3.8) is 0 Å². The molecular formula is C12H17NO. The molecule has 76 valence electrons. The van der Waals surface area contributed by atoms with Crippen molar-refractivity contribution in [3.8, 4) is 0 Å². The van der Waals surface area contributed by atoms with Gasteiger partial charge in [-0.25, -0.2) is 0 Å². The molecule has 2 heteroatoms. The average molecular weight is 191 g/mol. The molecule has 0 saturated heterocycles. The highest BCUT2D eigenvalue weighted by molar-refractivity contribution is 5.16. The van der Waals surface area contributed by atoms with Gasteiger partial charge in [-0.1, -0.05) is 6.07 Å². The molecule has 1 fully saturated rings. The molecule has 2 nitrogen and oxygen atoms in total. The molecule has 0 amide bonds. The summed E-state index contributed by atoms with van der Waals surface area (Å²) in [5.74, 6) is 0.591. The van der Waals surface area contributed by atoms with Crippen LogP contribution >= 0.6 is 0 Å². The Bertz CT molecular complexity index is 307. The van der Waals surface area contributed by atoms with E-state index in [-0.39, 0.29) is 6.10 Å². The van der Waals surface area contributed by atoms with E-state index in [0.29, 0.717) is 5.92 Å². The van der Waals surface area contributed by atoms with E-state index in [1.165, 1.54) is 24.0 Å². The molecule has 1 aliphatic rings. The number of aliphatic hydroxyl groups is 1. The molecule has 1 aromatic heterocycles. The number of aromatic nitrogens is 1. The fraction of sp³-hybridized carbons (Fsp3) is 0.583. The smallest absolute Gasteiger partial charge is 0.0571 e. The van der Waals surface area contributed by atoms with Crippen molar-refractivity contribution in [2.24, 2.45) is 5.92 Å². The fourth-order valence-electron chi connectivity index (χ4n) is 1.79. The molecule has 1 heterocycles. The van der Waals surface area contributed by atoms with Gasteiger partial charge in [-0.3, -0.25) is 4.98 Å². The van der Waals surface area contributed by atoms with Crippen LogP contribution in [-0.4, -0.2) is 16.2 Å². The van der Waals surface area contributed by atoms with Gasteiger partial charge in [0.25, 0.3) is 0 Å². The quantitative estimate of drug-likeness (QED) is 0.790. The highest BCUT2D eigenvalue weighted by atomic mass is 16.3. The Labute approximate surface area is 85.0 Å². The van der Waals surface area contributed by atoms with E-state index in [1.807, 2.05) is 19.3 Å². The Morgan fingerprint density at radius 2 is 2.29 bits per heavy atom. The number of hydrogen-bond donors (Lipinski definition) is 1. The minimum Gasteiger partial charge on any atom is -0.393 e. The SMILES string of the molecule is Cc1cncc(CCC(O)C2CC2)c1. The predicted octanol–water partition coefficient (Wildman–Crippen LogP) is 2.09. The number of hydrogen-bond acceptors (Lipinski definition) is 2. The van der Waals surface area contributed by atoms with Crippen LogP contribution in [0, 0.1) is 12.8 Å². The highest BCUT2D eigenvalue weighted by Gasteiger charge is 2.28. The van der Waals surface area contributed by atoms with Crippen LogP contribution in [0.1, 0.15) is 30.4 Å². The number of nitrogens with zero attached hydrogens (tertiary/aromatic N) is 1. The van der Waals surface area contributed by atoms with Gasteiger partial charge >= 0.3 is 0 Å². The Morgan fingerprint density at radius 1 is 1.50 bits per heavy atom. The zero-order chi connectivity index (χ0) is 9.97. The maximum atomic E-state index is 9.70. The number of aryl methyl sites for hydroxylation is 2. The summed E-state index contributed by atoms with van der Waals surface area (Å²) in [4.78, 5) is 4.14. The molecular weight excluding hydrogens is 174 g/mol. The molecule has 1 unspecified atom stereocenters. The van der Waals surface area contributed by atoms with E-state index >= 15 is 0 Å². The minimum atomic E-state index is -0.0875. The molecule has 2 rings (SSSR count). The summed E-state index contributed by atoms with van der Waals surface area (Å²) in [6.45, 7) is 2.05.